The van der Waals surface area contributed by atoms with E-state index in [-0.39, 0.29) is 5.91 Å². The number of hydrogen-bond acceptors (Lipinski definition) is 6. The zero-order chi connectivity index (χ0) is 17.0. The van der Waals surface area contributed by atoms with Crippen LogP contribution in [0.3, 0.4) is 0 Å². The van der Waals surface area contributed by atoms with E-state index in [9.17, 15) is 4.79 Å². The van der Waals surface area contributed by atoms with Crippen molar-refractivity contribution in [2.45, 2.75) is 38.4 Å². The van der Waals surface area contributed by atoms with E-state index in [1.807, 2.05) is 16.8 Å². The van der Waals surface area contributed by atoms with Crippen LogP contribution in [0, 0.1) is 0 Å². The molecule has 2 fully saturated rings. The first-order valence-electron chi connectivity index (χ1n) is 8.75. The number of likely N-dealkylation sites (tertiary alicyclic amines) is 1. The van der Waals surface area contributed by atoms with Gasteiger partial charge in [-0.2, -0.15) is 0 Å². The van der Waals surface area contributed by atoms with Crippen molar-refractivity contribution >= 4 is 11.9 Å². The van der Waals surface area contributed by atoms with Gasteiger partial charge in [-0.1, -0.05) is 13.3 Å². The molecule has 7 nitrogen and oxygen atoms in total. The molecular formula is C17H26N4O3. The zero-order valence-corrected chi connectivity index (χ0v) is 14.5. The second kappa shape index (κ2) is 7.44. The number of amides is 1. The zero-order valence-electron chi connectivity index (χ0n) is 14.5. The summed E-state index contributed by atoms with van der Waals surface area (Å²) in [6, 6.07) is 1.69. The summed E-state index contributed by atoms with van der Waals surface area (Å²) in [5.41, 5.74) is 0.451. The molecule has 24 heavy (non-hydrogen) atoms. The molecule has 0 radical (unpaired) electrons. The minimum absolute atomic E-state index is 0.0459. The Morgan fingerprint density at radius 3 is 2.71 bits per heavy atom. The fraction of sp³-hybridized carbons (Fsp3) is 0.706. The summed E-state index contributed by atoms with van der Waals surface area (Å²) in [5, 5.41) is 0. The Kier molecular flexibility index (Phi) is 5.30. The normalized spacial score (nSPS) is 19.7. The fourth-order valence-corrected chi connectivity index (χ4v) is 3.14. The van der Waals surface area contributed by atoms with Crippen LogP contribution < -0.4 is 4.90 Å². The summed E-state index contributed by atoms with van der Waals surface area (Å²) in [7, 11) is 1.96. The molecule has 1 spiro atoms. The minimum atomic E-state index is -0.464. The van der Waals surface area contributed by atoms with E-state index in [1.165, 1.54) is 0 Å². The van der Waals surface area contributed by atoms with Gasteiger partial charge in [0.05, 0.1) is 13.2 Å². The molecule has 3 rings (SSSR count). The van der Waals surface area contributed by atoms with Crippen molar-refractivity contribution in [3.05, 3.63) is 18.0 Å². The number of piperidine rings is 1. The number of carbonyl (C=O) groups excluding carboxylic acids is 1. The van der Waals surface area contributed by atoms with Crippen LogP contribution in [0.1, 0.15) is 43.1 Å². The molecular weight excluding hydrogens is 308 g/mol. The highest BCUT2D eigenvalue weighted by atomic mass is 16.7. The molecule has 0 aliphatic carbocycles. The molecule has 2 saturated heterocycles. The molecule has 2 aliphatic heterocycles. The average Bonchev–Trinajstić information content (AvgIpc) is 3.08. The van der Waals surface area contributed by atoms with Crippen LogP contribution in [0.15, 0.2) is 12.3 Å². The van der Waals surface area contributed by atoms with E-state index in [1.54, 1.807) is 12.3 Å². The molecule has 3 heterocycles. The predicted octanol–water partition coefficient (Wildman–Crippen LogP) is 1.69. The lowest BCUT2D eigenvalue weighted by Crippen LogP contribution is -2.47. The number of unbranched alkanes of at least 4 members (excludes halogenated alkanes) is 1. The van der Waals surface area contributed by atoms with E-state index >= 15 is 0 Å². The molecule has 0 atom stereocenters. The quantitative estimate of drug-likeness (QED) is 0.816. The van der Waals surface area contributed by atoms with Crippen molar-refractivity contribution in [3.63, 3.8) is 0 Å². The van der Waals surface area contributed by atoms with Gasteiger partial charge in [0.25, 0.3) is 5.91 Å². The van der Waals surface area contributed by atoms with Crippen molar-refractivity contribution in [2.24, 2.45) is 0 Å². The van der Waals surface area contributed by atoms with Crippen molar-refractivity contribution < 1.29 is 14.3 Å². The molecule has 1 amide bonds. The molecule has 0 aromatic carbocycles. The van der Waals surface area contributed by atoms with E-state index in [0.717, 1.165) is 19.4 Å². The average molecular weight is 334 g/mol. The fourth-order valence-electron chi connectivity index (χ4n) is 3.14. The highest BCUT2D eigenvalue weighted by molar-refractivity contribution is 5.92. The van der Waals surface area contributed by atoms with Gasteiger partial charge in [-0.15, -0.1) is 0 Å². The highest BCUT2D eigenvalue weighted by Crippen LogP contribution is 2.31. The Morgan fingerprint density at radius 1 is 1.33 bits per heavy atom. The SMILES string of the molecule is CCCCN(C)c1nccc(C(=O)N2CCC3(CC2)OCCO3)n1. The van der Waals surface area contributed by atoms with Crippen molar-refractivity contribution in [3.8, 4) is 0 Å². The predicted molar refractivity (Wildman–Crippen MR) is 90.0 cm³/mol. The maximum absolute atomic E-state index is 12.7. The van der Waals surface area contributed by atoms with Gasteiger partial charge in [0.1, 0.15) is 5.69 Å². The highest BCUT2D eigenvalue weighted by Gasteiger charge is 2.41. The lowest BCUT2D eigenvalue weighted by Gasteiger charge is -2.37. The van der Waals surface area contributed by atoms with Crippen molar-refractivity contribution in [1.29, 1.82) is 0 Å². The topological polar surface area (TPSA) is 67.8 Å². The molecule has 7 heteroatoms. The van der Waals surface area contributed by atoms with Crippen LogP contribution in [0.5, 0.6) is 0 Å². The van der Waals surface area contributed by atoms with Gasteiger partial charge in [-0.25, -0.2) is 9.97 Å². The first-order valence-corrected chi connectivity index (χ1v) is 8.75. The summed E-state index contributed by atoms with van der Waals surface area (Å²) in [6.45, 7) is 5.58. The summed E-state index contributed by atoms with van der Waals surface area (Å²) in [5.74, 6) is 0.0918. The number of ether oxygens (including phenoxy) is 2. The van der Waals surface area contributed by atoms with Gasteiger partial charge in [-0.05, 0) is 12.5 Å². The lowest BCUT2D eigenvalue weighted by molar-refractivity contribution is -0.181. The monoisotopic (exact) mass is 334 g/mol. The third-order valence-electron chi connectivity index (χ3n) is 4.68. The van der Waals surface area contributed by atoms with E-state index in [0.29, 0.717) is 50.8 Å². The van der Waals surface area contributed by atoms with Gasteiger partial charge < -0.3 is 19.3 Å². The molecule has 132 valence electrons. The molecule has 2 aliphatic rings. The van der Waals surface area contributed by atoms with Gasteiger partial charge >= 0.3 is 0 Å². The van der Waals surface area contributed by atoms with Gasteiger partial charge in [0, 0.05) is 45.7 Å². The molecule has 1 aromatic rings. The molecule has 0 saturated carbocycles. The second-order valence-electron chi connectivity index (χ2n) is 6.42. The van der Waals surface area contributed by atoms with Gasteiger partial charge in [-0.3, -0.25) is 4.79 Å². The van der Waals surface area contributed by atoms with Crippen LogP contribution in [0.25, 0.3) is 0 Å². The Bertz CT molecular complexity index is 565. The number of hydrogen-bond donors (Lipinski definition) is 0. The van der Waals surface area contributed by atoms with Crippen molar-refractivity contribution in [1.82, 2.24) is 14.9 Å². The number of nitrogens with zero attached hydrogens (tertiary/aromatic N) is 4. The van der Waals surface area contributed by atoms with E-state index in [4.69, 9.17) is 9.47 Å². The first-order chi connectivity index (χ1) is 11.6. The molecule has 1 aromatic heterocycles. The van der Waals surface area contributed by atoms with Crippen LogP contribution >= 0.6 is 0 Å². The van der Waals surface area contributed by atoms with Crippen molar-refractivity contribution in [2.75, 3.05) is 44.8 Å². The van der Waals surface area contributed by atoms with Gasteiger partial charge in [0.15, 0.2) is 5.79 Å². The number of anilines is 1. The van der Waals surface area contributed by atoms with E-state index in [2.05, 4.69) is 16.9 Å². The Labute approximate surface area is 143 Å². The molecule has 0 N–H and O–H groups in total. The number of aromatic nitrogens is 2. The Hall–Kier alpha value is -1.73. The molecule has 0 unspecified atom stereocenters. The largest absolute Gasteiger partial charge is 0.347 e. The minimum Gasteiger partial charge on any atom is -0.347 e. The molecule has 0 bridgehead atoms. The second-order valence-corrected chi connectivity index (χ2v) is 6.42. The van der Waals surface area contributed by atoms with E-state index < -0.39 is 5.79 Å². The summed E-state index contributed by atoms with van der Waals surface area (Å²) < 4.78 is 11.4. The van der Waals surface area contributed by atoms with Crippen LogP contribution in [-0.2, 0) is 9.47 Å². The first kappa shape index (κ1) is 17.1. The summed E-state index contributed by atoms with van der Waals surface area (Å²) in [6.07, 6.45) is 5.28. The summed E-state index contributed by atoms with van der Waals surface area (Å²) >= 11 is 0. The van der Waals surface area contributed by atoms with Crippen LogP contribution in [0.2, 0.25) is 0 Å². The maximum Gasteiger partial charge on any atom is 0.272 e. The lowest BCUT2D eigenvalue weighted by atomic mass is 10.0. The number of rotatable bonds is 5. The van der Waals surface area contributed by atoms with Crippen LogP contribution in [0.4, 0.5) is 5.95 Å². The summed E-state index contributed by atoms with van der Waals surface area (Å²) in [4.78, 5) is 25.3. The Morgan fingerprint density at radius 2 is 2.04 bits per heavy atom. The Balaban J connectivity index is 1.63. The van der Waals surface area contributed by atoms with Crippen LogP contribution in [-0.4, -0.2) is 66.5 Å². The number of carbonyl (C=O) groups is 1. The smallest absolute Gasteiger partial charge is 0.272 e. The maximum atomic E-state index is 12.7. The van der Waals surface area contributed by atoms with Gasteiger partial charge in [0.2, 0.25) is 5.95 Å². The standard InChI is InChI=1S/C17H26N4O3/c1-3-4-9-20(2)16-18-8-5-14(19-16)15(22)21-10-6-17(7-11-21)23-12-13-24-17/h5,8H,3-4,6-7,9-13H2,1-2H3. The third-order valence-corrected chi connectivity index (χ3v) is 4.68. The third kappa shape index (κ3) is 3.67.